The van der Waals surface area contributed by atoms with E-state index in [-0.39, 0.29) is 103 Å². The number of piperazine rings is 1. The molecule has 584 valence electrons. The first-order valence-corrected chi connectivity index (χ1v) is 35.8. The number of rotatable bonds is 4. The van der Waals surface area contributed by atoms with Crippen LogP contribution in [-0.2, 0) is 129 Å². The molecule has 6 aromatic rings. The van der Waals surface area contributed by atoms with Crippen molar-refractivity contribution >= 4 is 124 Å². The van der Waals surface area contributed by atoms with Crippen molar-refractivity contribution in [1.29, 1.82) is 4.78 Å². The Balaban J connectivity index is 0.000000323. The number of carbonyl (C=O) groups excluding carboxylic acids is 7. The van der Waals surface area contributed by atoms with Crippen molar-refractivity contribution in [2.24, 2.45) is 17.4 Å². The van der Waals surface area contributed by atoms with E-state index in [1.165, 1.54) is 72.9 Å². The van der Waals surface area contributed by atoms with E-state index in [4.69, 9.17) is 66.0 Å². The van der Waals surface area contributed by atoms with Crippen LogP contribution in [-0.4, -0.2) is 145 Å². The number of anilines is 1. The molecule has 8 N–H and O–H groups in total. The third-order valence-electron chi connectivity index (χ3n) is 16.4. The van der Waals surface area contributed by atoms with Crippen molar-refractivity contribution in [1.82, 2.24) is 59.7 Å². The maximum atomic E-state index is 12.2. The van der Waals surface area contributed by atoms with Crippen LogP contribution in [0.2, 0.25) is 15.5 Å². The summed E-state index contributed by atoms with van der Waals surface area (Å²) in [7, 11) is 1.31. The molecule has 1 saturated heterocycles. The van der Waals surface area contributed by atoms with Gasteiger partial charge >= 0.3 is 35.9 Å². The zero-order chi connectivity index (χ0) is 77.7. The SMILES string of the molecule is C.CC(=O)OC(C)=O.CC(=O)OC1CCc2c(Cl)ncnc21.CC(=O)OC1CCc2c1ncnc2N1CCN(C(=O)OC(C)(C)C)CC1.COC(=O)C1CCCC1=O.Clc1ncnc2c1CCC2.N=S.NC(N)=S.O=c1[nH]c(=S)[nH]c2c1CCC2.O=c1[nH]cnc2c1CCC2.[Ar].[O-][n+]1cnc(Cl)c2c1CCC2. The van der Waals surface area contributed by atoms with Gasteiger partial charge in [0.15, 0.2) is 9.88 Å². The predicted molar refractivity (Wildman–Crippen MR) is 400 cm³/mol. The van der Waals surface area contributed by atoms with E-state index < -0.39 is 23.5 Å². The third-order valence-corrected chi connectivity index (χ3v) is 17.6. The van der Waals surface area contributed by atoms with Crippen LogP contribution in [0.3, 0.4) is 0 Å². The number of hydrogen-bond donors (Lipinski definition) is 6. The summed E-state index contributed by atoms with van der Waals surface area (Å²) in [6, 6.07) is 0. The van der Waals surface area contributed by atoms with Crippen molar-refractivity contribution in [3.8, 4) is 0 Å². The van der Waals surface area contributed by atoms with E-state index in [2.05, 4.69) is 105 Å². The summed E-state index contributed by atoms with van der Waals surface area (Å²) in [5, 5.41) is 12.7. The van der Waals surface area contributed by atoms with Crippen LogP contribution >= 0.6 is 59.2 Å². The Morgan fingerprint density at radius 2 is 1.11 bits per heavy atom. The Labute approximate surface area is 679 Å². The summed E-state index contributed by atoms with van der Waals surface area (Å²) >= 11 is 29.7. The van der Waals surface area contributed by atoms with Gasteiger partial charge in [-0.25, -0.2) is 49.2 Å². The van der Waals surface area contributed by atoms with Gasteiger partial charge in [0.25, 0.3) is 17.4 Å². The molecule has 0 radical (unpaired) electrons. The number of methoxy groups -OCH3 is 1. The van der Waals surface area contributed by atoms with Gasteiger partial charge < -0.3 is 60.1 Å². The van der Waals surface area contributed by atoms with E-state index in [0.717, 1.165) is 181 Å². The first kappa shape index (κ1) is 93.4. The molecule has 2 fully saturated rings. The number of halogens is 3. The quantitative estimate of drug-likeness (QED) is 0.0184. The zero-order valence-corrected chi connectivity index (χ0v) is 65.2. The number of thiocarbonyl (C=S) groups is 1. The van der Waals surface area contributed by atoms with Gasteiger partial charge in [-0.05, 0) is 171 Å². The average Bonchev–Trinajstić information content (AvgIpc) is 1.57. The van der Waals surface area contributed by atoms with E-state index in [1.807, 2.05) is 20.8 Å². The number of amides is 1. The summed E-state index contributed by atoms with van der Waals surface area (Å²) in [6.45, 7) is 13.3. The van der Waals surface area contributed by atoms with E-state index >= 15 is 0 Å². The topological polar surface area (TPSA) is 460 Å². The van der Waals surface area contributed by atoms with Crippen LogP contribution in [0.1, 0.15) is 193 Å². The van der Waals surface area contributed by atoms with Gasteiger partial charge in [0.05, 0.1) is 36.1 Å². The Bertz CT molecular complexity index is 4200. The molecular weight excluding hydrogens is 1540 g/mol. The van der Waals surface area contributed by atoms with Gasteiger partial charge in [0.2, 0.25) is 5.15 Å². The molecule has 8 aliphatic rings. The van der Waals surface area contributed by atoms with E-state index in [0.29, 0.717) is 59.3 Å². The van der Waals surface area contributed by atoms with Crippen LogP contribution in [0.4, 0.5) is 10.6 Å². The van der Waals surface area contributed by atoms with Crippen molar-refractivity contribution in [2.75, 3.05) is 38.2 Å². The van der Waals surface area contributed by atoms with Crippen LogP contribution in [0, 0.1) is 58.4 Å². The smallest absolute Gasteiger partial charge is 0.410 e. The number of Topliss-reactive ketones (excluding diaryl/α,β-unsaturated/α-hetero) is 1. The van der Waals surface area contributed by atoms with Gasteiger partial charge in [0, 0.05) is 156 Å². The van der Waals surface area contributed by atoms with Crippen molar-refractivity contribution in [3.63, 3.8) is 0 Å². The van der Waals surface area contributed by atoms with Crippen LogP contribution in [0.15, 0.2) is 41.2 Å². The van der Waals surface area contributed by atoms with Gasteiger partial charge in [-0.3, -0.25) is 43.3 Å². The molecule has 1 amide bonds. The Kier molecular flexibility index (Phi) is 40.7. The Hall–Kier alpha value is -7.77. The minimum atomic E-state index is -0.562. The van der Waals surface area contributed by atoms with Crippen LogP contribution < -0.4 is 32.2 Å². The Morgan fingerprint density at radius 3 is 1.64 bits per heavy atom. The fraction of sp³-hybridized carbons (Fsp3) is 0.529. The number of ketones is 1. The second-order valence-electron chi connectivity index (χ2n) is 25.1. The number of carbonyl (C=O) groups is 7. The molecule has 32 nitrogen and oxygen atoms in total. The summed E-state index contributed by atoms with van der Waals surface area (Å²) in [4.78, 5) is 142. The number of esters is 5. The molecule has 0 bridgehead atoms. The van der Waals surface area contributed by atoms with Crippen LogP contribution in [0.25, 0.3) is 0 Å². The van der Waals surface area contributed by atoms with Crippen molar-refractivity contribution in [3.05, 3.63) is 145 Å². The number of ether oxygens (including phenoxy) is 5. The maximum absolute atomic E-state index is 12.2. The summed E-state index contributed by atoms with van der Waals surface area (Å²) < 4.78 is 30.9. The minimum absolute atomic E-state index is 0. The minimum Gasteiger partial charge on any atom is -0.711 e. The molecule has 107 heavy (non-hydrogen) atoms. The fourth-order valence-corrected chi connectivity index (χ4v) is 13.0. The molecule has 39 heteroatoms. The van der Waals surface area contributed by atoms with E-state index in [9.17, 15) is 48.4 Å². The second-order valence-corrected chi connectivity index (χ2v) is 27.0. The van der Waals surface area contributed by atoms with Gasteiger partial charge in [-0.1, -0.05) is 30.6 Å². The number of aryl methyl sites for hydroxylation is 3. The number of hydrogen-bond acceptors (Lipinski definition) is 28. The van der Waals surface area contributed by atoms with Gasteiger partial charge in [-0.15, -0.1) is 0 Å². The van der Waals surface area contributed by atoms with Crippen LogP contribution in [0.5, 0.6) is 0 Å². The number of nitrogens with two attached hydrogens (primary N) is 2. The number of aromatic amines is 3. The number of fused-ring (bicyclic) bond motifs is 6. The summed E-state index contributed by atoms with van der Waals surface area (Å²) in [5.41, 5.74) is 20.1. The molecule has 3 atom stereocenters. The van der Waals surface area contributed by atoms with Gasteiger partial charge in [-0.2, -0.15) is 0 Å². The second kappa shape index (κ2) is 46.6. The largest absolute Gasteiger partial charge is 0.711 e. The zero-order valence-electron chi connectivity index (χ0n) is 59.8. The standard InChI is InChI=1S/C18H26N4O4.C9H9ClN2O2.C7H7ClN2O.C7H7ClN2.C7H8N2OS.C7H8N2O.C7H10O3.C4H6O3.CH4N2S.CH4.Ar.HNS/c1-12(23)25-14-6-5-13-15(14)19-11-20-16(13)21-7-9-22(10-8-21)17(24)26-18(2,3)4;1-5(13)14-7-3-2-6-8(7)11-4-12-9(6)10;8-7-5-2-1-3-6(5)10(11)4-9-7;8-7-5-2-1-3-6(5)9-4-10-7;10-6-4-2-1-3-5(4)8-7(11)9-6;10-7-5-2-1-3-6(5)8-4-9-7;1-10-7(9)5-3-2-4-6(5)8;1-3(5)7-4(2)6;2-1(3)4;;;1-2/h11,14H,5-10H2,1-4H3;4,7H,2-3H2,1H3;4H,1-3H2;4H,1-3H2;1-3H2,(H2,8,9,10,11);4H,1-3H2,(H,8,9,10);5H,2-4H2,1H3;1-2H3;(H4,2,3,4);1H4;;1H. The molecule has 14 rings (SSSR count). The summed E-state index contributed by atoms with van der Waals surface area (Å²) in [6.07, 6.45) is 23.3. The van der Waals surface area contributed by atoms with E-state index in [1.54, 1.807) is 4.90 Å². The number of nitrogens with zero attached hydrogens (tertiary/aromatic N) is 11. The molecule has 3 unspecified atom stereocenters. The molecule has 0 spiro atoms. The molecule has 1 aliphatic heterocycles. The summed E-state index contributed by atoms with van der Waals surface area (Å²) in [5.74, 6) is -1.63. The molecular formula is C68H90ArCl3N17O15S3. The monoisotopic (exact) mass is 1630 g/mol. The number of aromatic nitrogens is 12. The first-order chi connectivity index (χ1) is 49.8. The third kappa shape index (κ3) is 30.0. The average molecular weight is 1630 g/mol. The number of H-pyrrole nitrogens is 3. The fourth-order valence-electron chi connectivity index (χ4n) is 12.0. The molecule has 7 aliphatic carbocycles. The molecule has 0 aromatic carbocycles. The number of nitrogens with one attached hydrogen (secondary N) is 4. The normalized spacial score (nSPS) is 16.4. The predicted octanol–water partition coefficient (Wildman–Crippen LogP) is 8.17. The molecule has 7 heterocycles. The molecule has 6 aromatic heterocycles. The van der Waals surface area contributed by atoms with Gasteiger partial charge in [0.1, 0.15) is 70.3 Å². The van der Waals surface area contributed by atoms with Crippen molar-refractivity contribution in [2.45, 2.75) is 196 Å². The van der Waals surface area contributed by atoms with Crippen molar-refractivity contribution < 1.29 is 99.7 Å². The maximum Gasteiger partial charge on any atom is 0.410 e. The molecule has 1 saturated carbocycles. The first-order valence-electron chi connectivity index (χ1n) is 33.4. The Morgan fingerprint density at radius 1 is 0.607 bits per heavy atom.